The maximum absolute atomic E-state index is 14.0. The normalized spacial score (nSPS) is 17.5. The fraction of sp³-hybridized carbons (Fsp3) is 0.591. The number of aliphatic carboxylic acids is 1. The number of carboxylic acids is 1. The third-order valence-electron chi connectivity index (χ3n) is 5.97. The van der Waals surface area contributed by atoms with Crippen molar-refractivity contribution in [3.8, 4) is 0 Å². The molecular weight excluding hydrogens is 434 g/mol. The molecule has 31 heavy (non-hydrogen) atoms. The Kier molecular flexibility index (Phi) is 9.87. The van der Waals surface area contributed by atoms with E-state index in [1.54, 1.807) is 0 Å². The number of carbonyl (C=O) groups excluding carboxylic acids is 2. The minimum Gasteiger partial charge on any atom is -0.480 e. The second-order valence-corrected chi connectivity index (χ2v) is 9.42. The highest BCUT2D eigenvalue weighted by Gasteiger charge is 2.48. The van der Waals surface area contributed by atoms with Crippen molar-refractivity contribution in [1.29, 1.82) is 0 Å². The second-order valence-electron chi connectivity index (χ2n) is 8.07. The molecule has 7 nitrogen and oxygen atoms in total. The fourth-order valence-corrected chi connectivity index (χ4v) is 4.66. The van der Waals surface area contributed by atoms with Crippen molar-refractivity contribution in [2.24, 2.45) is 11.1 Å². The Morgan fingerprint density at radius 1 is 1.29 bits per heavy atom. The first-order valence-corrected chi connectivity index (χ1v) is 12.5. The number of carbonyl (C=O) groups is 3. The number of carboxylic acid groups (broad SMARTS) is 1. The number of benzene rings is 1. The highest BCUT2D eigenvalue weighted by molar-refractivity contribution is 7.98. The smallest absolute Gasteiger partial charge is 0.326 e. The van der Waals surface area contributed by atoms with Crippen molar-refractivity contribution in [3.63, 3.8) is 0 Å². The molecule has 2 atom stereocenters. The van der Waals surface area contributed by atoms with Gasteiger partial charge in [0.15, 0.2) is 0 Å². The van der Waals surface area contributed by atoms with Crippen LogP contribution in [0.1, 0.15) is 30.4 Å². The molecule has 172 valence electrons. The van der Waals surface area contributed by atoms with Crippen LogP contribution in [0.5, 0.6) is 0 Å². The Morgan fingerprint density at radius 3 is 2.48 bits per heavy atom. The number of hydrogen-bond acceptors (Lipinski definition) is 7. The predicted molar refractivity (Wildman–Crippen MR) is 128 cm³/mol. The van der Waals surface area contributed by atoms with Crippen LogP contribution in [0.2, 0.25) is 0 Å². The number of nitrogens with one attached hydrogen (secondary N) is 1. The Bertz CT molecular complexity index is 784. The molecule has 0 aliphatic carbocycles. The van der Waals surface area contributed by atoms with Crippen LogP contribution in [-0.2, 0) is 20.8 Å². The summed E-state index contributed by atoms with van der Waals surface area (Å²) in [6.45, 7) is 3.24. The summed E-state index contributed by atoms with van der Waals surface area (Å²) in [5.74, 6) is -1.76. The van der Waals surface area contributed by atoms with Crippen LogP contribution in [0.15, 0.2) is 24.3 Å². The summed E-state index contributed by atoms with van der Waals surface area (Å²) in [4.78, 5) is 40.3. The van der Waals surface area contributed by atoms with Gasteiger partial charge in [-0.05, 0) is 68.8 Å². The van der Waals surface area contributed by atoms with E-state index in [9.17, 15) is 19.5 Å². The van der Waals surface area contributed by atoms with E-state index in [-0.39, 0.29) is 12.2 Å². The minimum absolute atomic E-state index is 0.0316. The molecule has 2 amide bonds. The van der Waals surface area contributed by atoms with E-state index in [1.165, 1.54) is 11.8 Å². The summed E-state index contributed by atoms with van der Waals surface area (Å²) in [6, 6.07) is 5.57. The number of aryl methyl sites for hydroxylation is 1. The Hall–Kier alpha value is -1.55. The van der Waals surface area contributed by atoms with E-state index in [0.717, 1.165) is 16.0 Å². The quantitative estimate of drug-likeness (QED) is 0.388. The molecule has 0 aromatic heterocycles. The number of imide groups is 1. The average Bonchev–Trinajstić information content (AvgIpc) is 2.77. The molecule has 2 rings (SSSR count). The maximum Gasteiger partial charge on any atom is 0.326 e. The summed E-state index contributed by atoms with van der Waals surface area (Å²) in [5, 5.41) is 13.2. The Balaban J connectivity index is 2.51. The van der Waals surface area contributed by atoms with Gasteiger partial charge in [0.25, 0.3) is 0 Å². The van der Waals surface area contributed by atoms with Crippen LogP contribution >= 0.6 is 24.4 Å². The lowest BCUT2D eigenvalue weighted by atomic mass is 9.72. The lowest BCUT2D eigenvalue weighted by molar-refractivity contribution is -0.164. The molecule has 0 radical (unpaired) electrons. The van der Waals surface area contributed by atoms with Crippen LogP contribution < -0.4 is 11.1 Å². The number of hydrogen-bond donors (Lipinski definition) is 4. The topological polar surface area (TPSA) is 113 Å². The third-order valence-corrected chi connectivity index (χ3v) is 7.00. The molecular formula is C22H33N3O4S2. The van der Waals surface area contributed by atoms with Gasteiger partial charge < -0.3 is 16.2 Å². The highest BCUT2D eigenvalue weighted by atomic mass is 32.2. The van der Waals surface area contributed by atoms with Crippen molar-refractivity contribution in [2.75, 3.05) is 30.9 Å². The van der Waals surface area contributed by atoms with Gasteiger partial charge in [-0.3, -0.25) is 14.5 Å². The van der Waals surface area contributed by atoms with Crippen molar-refractivity contribution >= 4 is 42.2 Å². The van der Waals surface area contributed by atoms with E-state index in [2.05, 4.69) is 17.9 Å². The molecule has 1 fully saturated rings. The van der Waals surface area contributed by atoms with E-state index >= 15 is 0 Å². The van der Waals surface area contributed by atoms with E-state index in [4.69, 9.17) is 5.73 Å². The number of thiol groups is 1. The molecule has 1 heterocycles. The Labute approximate surface area is 193 Å². The van der Waals surface area contributed by atoms with Crippen LogP contribution in [0.25, 0.3) is 0 Å². The number of nitrogens with two attached hydrogens (primary N) is 1. The summed E-state index contributed by atoms with van der Waals surface area (Å²) >= 11 is 5.58. The highest BCUT2D eigenvalue weighted by Crippen LogP contribution is 2.37. The van der Waals surface area contributed by atoms with Gasteiger partial charge >= 0.3 is 5.97 Å². The largest absolute Gasteiger partial charge is 0.480 e. The summed E-state index contributed by atoms with van der Waals surface area (Å²) in [7, 11) is 0. The minimum atomic E-state index is -1.25. The molecule has 0 saturated carbocycles. The molecule has 9 heteroatoms. The van der Waals surface area contributed by atoms with Gasteiger partial charge in [-0.2, -0.15) is 24.4 Å². The van der Waals surface area contributed by atoms with Crippen molar-refractivity contribution in [3.05, 3.63) is 35.4 Å². The van der Waals surface area contributed by atoms with Crippen molar-refractivity contribution < 1.29 is 19.5 Å². The van der Waals surface area contributed by atoms with Crippen LogP contribution in [0.4, 0.5) is 0 Å². The van der Waals surface area contributed by atoms with E-state index in [0.29, 0.717) is 38.1 Å². The number of nitrogens with zero attached hydrogens (tertiary/aromatic N) is 1. The van der Waals surface area contributed by atoms with Gasteiger partial charge in [0, 0.05) is 5.75 Å². The zero-order chi connectivity index (χ0) is 23.0. The predicted octanol–water partition coefficient (Wildman–Crippen LogP) is 1.73. The summed E-state index contributed by atoms with van der Waals surface area (Å²) in [6.07, 6.45) is 3.53. The van der Waals surface area contributed by atoms with Gasteiger partial charge in [-0.15, -0.1) is 0 Å². The van der Waals surface area contributed by atoms with Gasteiger partial charge in [-0.1, -0.05) is 24.3 Å². The van der Waals surface area contributed by atoms with Gasteiger partial charge in [-0.25, -0.2) is 4.79 Å². The third kappa shape index (κ3) is 6.25. The zero-order valence-electron chi connectivity index (χ0n) is 18.2. The molecule has 0 unspecified atom stereocenters. The average molecular weight is 468 g/mol. The first-order valence-electron chi connectivity index (χ1n) is 10.5. The van der Waals surface area contributed by atoms with E-state index < -0.39 is 35.3 Å². The van der Waals surface area contributed by atoms with Gasteiger partial charge in [0.05, 0.1) is 11.5 Å². The molecule has 0 spiro atoms. The Morgan fingerprint density at radius 2 is 1.94 bits per heavy atom. The monoisotopic (exact) mass is 467 g/mol. The molecule has 1 saturated heterocycles. The van der Waals surface area contributed by atoms with Gasteiger partial charge in [0.2, 0.25) is 11.8 Å². The maximum atomic E-state index is 14.0. The number of amides is 2. The number of rotatable bonds is 10. The van der Waals surface area contributed by atoms with Gasteiger partial charge in [0.1, 0.15) is 6.04 Å². The fourth-order valence-electron chi connectivity index (χ4n) is 4.04. The SMILES string of the molecule is CSCC[C@@H](C(=O)O)N(C(=O)[C@@H](N)CS)C(=O)C1(Cc2ccccc2C)CCNCC1. The molecule has 0 bridgehead atoms. The zero-order valence-corrected chi connectivity index (χ0v) is 19.9. The standard InChI is InChI=1S/C22H33N3O4S2/c1-15-5-3-4-6-16(15)13-22(8-10-24-11-9-22)21(29)25(19(26)17(23)14-30)18(20(27)28)7-12-31-2/h3-6,17-18,24,30H,7-14,23H2,1-2H3,(H,27,28)/t17-,18-/m0/s1. The summed E-state index contributed by atoms with van der Waals surface area (Å²) in [5.41, 5.74) is 7.17. The molecule has 1 aromatic carbocycles. The number of thioether (sulfide) groups is 1. The lowest BCUT2D eigenvalue weighted by Gasteiger charge is -2.42. The lowest BCUT2D eigenvalue weighted by Crippen LogP contribution is -2.60. The van der Waals surface area contributed by atoms with Crippen molar-refractivity contribution in [2.45, 2.75) is 44.7 Å². The summed E-state index contributed by atoms with van der Waals surface area (Å²) < 4.78 is 0. The number of piperidine rings is 1. The van der Waals surface area contributed by atoms with Crippen LogP contribution in [0.3, 0.4) is 0 Å². The first-order chi connectivity index (χ1) is 14.8. The molecule has 1 aromatic rings. The molecule has 1 aliphatic rings. The van der Waals surface area contributed by atoms with Crippen molar-refractivity contribution in [1.82, 2.24) is 10.2 Å². The second kappa shape index (κ2) is 11.9. The first kappa shape index (κ1) is 25.7. The molecule has 1 aliphatic heterocycles. The molecule has 4 N–H and O–H groups in total. The van der Waals surface area contributed by atoms with Crippen LogP contribution in [-0.4, -0.2) is 70.7 Å². The van der Waals surface area contributed by atoms with Crippen LogP contribution in [0, 0.1) is 12.3 Å². The van der Waals surface area contributed by atoms with E-state index in [1.807, 2.05) is 37.4 Å².